The maximum Gasteiger partial charge on any atom is 0.474 e. The van der Waals surface area contributed by atoms with Crippen LogP contribution in [0.5, 0.6) is 17.8 Å². The first-order chi connectivity index (χ1) is 15.4. The maximum absolute atomic E-state index is 12.7. The number of aromatic nitrogens is 3. The van der Waals surface area contributed by atoms with E-state index in [9.17, 15) is 4.57 Å². The molecule has 32 heavy (non-hydrogen) atoms. The number of unbranched alkanes of at least 4 members (excludes halogenated alkanes) is 2. The third-order valence-corrected chi connectivity index (χ3v) is 5.89. The Labute approximate surface area is 194 Å². The van der Waals surface area contributed by atoms with Gasteiger partial charge in [0.05, 0.1) is 19.8 Å². The SMILES string of the molecule is CCCCOP(=O)(OCCCC)OCCOc1nc(Cl)nc(Oc2c(C)cccc2C)n1. The molecule has 0 bridgehead atoms. The largest absolute Gasteiger partial charge is 0.474 e. The minimum atomic E-state index is -3.66. The Morgan fingerprint density at radius 1 is 0.844 bits per heavy atom. The molecule has 0 saturated heterocycles. The molecule has 0 fully saturated rings. The standard InChI is InChI=1S/C21H31ClN3O6P/c1-5-7-12-28-32(26,29-13-8-6-2)30-15-14-27-20-23-19(22)24-21(25-20)31-18-16(3)10-9-11-17(18)4/h9-11H,5-8,12-15H2,1-4H3. The van der Waals surface area contributed by atoms with Crippen molar-refractivity contribution in [1.29, 1.82) is 0 Å². The molecule has 0 amide bonds. The van der Waals surface area contributed by atoms with E-state index >= 15 is 0 Å². The number of aryl methyl sites for hydroxylation is 2. The molecular weight excluding hydrogens is 457 g/mol. The van der Waals surface area contributed by atoms with Gasteiger partial charge in [0.25, 0.3) is 0 Å². The molecule has 0 aliphatic carbocycles. The number of benzene rings is 1. The molecule has 0 radical (unpaired) electrons. The van der Waals surface area contributed by atoms with Gasteiger partial charge in [-0.2, -0.15) is 9.97 Å². The van der Waals surface area contributed by atoms with Crippen LogP contribution in [-0.2, 0) is 18.1 Å². The quantitative estimate of drug-likeness (QED) is 0.218. The average molecular weight is 488 g/mol. The fourth-order valence-electron chi connectivity index (χ4n) is 2.51. The molecule has 2 aromatic rings. The molecule has 0 aliphatic heterocycles. The predicted octanol–water partition coefficient (Wildman–Crippen LogP) is 6.07. The number of hydrogen-bond acceptors (Lipinski definition) is 9. The number of rotatable bonds is 15. The van der Waals surface area contributed by atoms with Crippen LogP contribution in [0.1, 0.15) is 50.7 Å². The summed E-state index contributed by atoms with van der Waals surface area (Å²) >= 11 is 5.99. The Balaban J connectivity index is 1.94. The van der Waals surface area contributed by atoms with Crippen molar-refractivity contribution < 1.29 is 27.6 Å². The van der Waals surface area contributed by atoms with Gasteiger partial charge in [0.15, 0.2) is 0 Å². The van der Waals surface area contributed by atoms with Crippen LogP contribution in [0.4, 0.5) is 0 Å². The first kappa shape index (κ1) is 26.5. The number of nitrogens with zero attached hydrogens (tertiary/aromatic N) is 3. The van der Waals surface area contributed by atoms with E-state index in [0.717, 1.165) is 36.8 Å². The monoisotopic (exact) mass is 487 g/mol. The van der Waals surface area contributed by atoms with Crippen molar-refractivity contribution in [3.05, 3.63) is 34.6 Å². The lowest BCUT2D eigenvalue weighted by molar-refractivity contribution is 0.0962. The van der Waals surface area contributed by atoms with Crippen molar-refractivity contribution in [1.82, 2.24) is 15.0 Å². The van der Waals surface area contributed by atoms with Gasteiger partial charge in [-0.25, -0.2) is 4.57 Å². The third-order valence-electron chi connectivity index (χ3n) is 4.23. The normalized spacial score (nSPS) is 11.5. The van der Waals surface area contributed by atoms with Crippen molar-refractivity contribution >= 4 is 19.4 Å². The van der Waals surface area contributed by atoms with Crippen molar-refractivity contribution in [2.24, 2.45) is 0 Å². The van der Waals surface area contributed by atoms with E-state index in [4.69, 9.17) is 34.6 Å². The van der Waals surface area contributed by atoms with E-state index < -0.39 is 7.82 Å². The van der Waals surface area contributed by atoms with Gasteiger partial charge in [-0.1, -0.05) is 44.9 Å². The molecule has 1 heterocycles. The van der Waals surface area contributed by atoms with E-state index in [0.29, 0.717) is 19.0 Å². The zero-order valence-electron chi connectivity index (χ0n) is 19.0. The van der Waals surface area contributed by atoms with Gasteiger partial charge in [0.1, 0.15) is 12.4 Å². The highest BCUT2D eigenvalue weighted by molar-refractivity contribution is 7.48. The van der Waals surface area contributed by atoms with Crippen molar-refractivity contribution in [2.45, 2.75) is 53.4 Å². The van der Waals surface area contributed by atoms with Crippen LogP contribution in [0.2, 0.25) is 5.28 Å². The zero-order chi connectivity index (χ0) is 23.4. The fourth-order valence-corrected chi connectivity index (χ4v) is 3.88. The maximum atomic E-state index is 12.7. The van der Waals surface area contributed by atoms with Crippen molar-refractivity contribution in [3.8, 4) is 17.8 Å². The van der Waals surface area contributed by atoms with Crippen LogP contribution < -0.4 is 9.47 Å². The van der Waals surface area contributed by atoms with Crippen LogP contribution in [0.25, 0.3) is 0 Å². The summed E-state index contributed by atoms with van der Waals surface area (Å²) in [4.78, 5) is 12.0. The first-order valence-electron chi connectivity index (χ1n) is 10.7. The number of phosphoric ester groups is 1. The highest BCUT2D eigenvalue weighted by atomic mass is 35.5. The lowest BCUT2D eigenvalue weighted by Crippen LogP contribution is -2.11. The summed E-state index contributed by atoms with van der Waals surface area (Å²) in [5.74, 6) is 0.637. The molecule has 0 spiro atoms. The van der Waals surface area contributed by atoms with Gasteiger partial charge in [-0.3, -0.25) is 13.6 Å². The summed E-state index contributed by atoms with van der Waals surface area (Å²) in [5, 5.41) is -0.0753. The van der Waals surface area contributed by atoms with Crippen LogP contribution in [0.3, 0.4) is 0 Å². The molecule has 9 nitrogen and oxygen atoms in total. The lowest BCUT2D eigenvalue weighted by Gasteiger charge is -2.18. The van der Waals surface area contributed by atoms with Gasteiger partial charge in [0, 0.05) is 0 Å². The number of phosphoric acid groups is 1. The molecule has 1 aromatic heterocycles. The van der Waals surface area contributed by atoms with Crippen LogP contribution in [0, 0.1) is 13.8 Å². The van der Waals surface area contributed by atoms with Crippen LogP contribution in [-0.4, -0.2) is 41.4 Å². The minimum absolute atomic E-state index is 0.00143. The van der Waals surface area contributed by atoms with Gasteiger partial charge < -0.3 is 9.47 Å². The number of halogens is 1. The number of ether oxygens (including phenoxy) is 2. The molecule has 0 atom stereocenters. The summed E-state index contributed by atoms with van der Waals surface area (Å²) in [5.41, 5.74) is 1.86. The number of para-hydroxylation sites is 1. The van der Waals surface area contributed by atoms with Gasteiger partial charge >= 0.3 is 19.8 Å². The van der Waals surface area contributed by atoms with E-state index in [1.54, 1.807) is 0 Å². The van der Waals surface area contributed by atoms with Crippen molar-refractivity contribution in [3.63, 3.8) is 0 Å². The predicted molar refractivity (Wildman–Crippen MR) is 122 cm³/mol. The highest BCUT2D eigenvalue weighted by Gasteiger charge is 2.26. The zero-order valence-corrected chi connectivity index (χ0v) is 20.7. The Morgan fingerprint density at radius 2 is 1.41 bits per heavy atom. The summed E-state index contributed by atoms with van der Waals surface area (Å²) in [7, 11) is -3.66. The summed E-state index contributed by atoms with van der Waals surface area (Å²) < 4.78 is 40.1. The van der Waals surface area contributed by atoms with E-state index in [-0.39, 0.29) is 30.5 Å². The van der Waals surface area contributed by atoms with Crippen LogP contribution >= 0.6 is 19.4 Å². The Hall–Kier alpha value is -1.77. The number of hydrogen-bond donors (Lipinski definition) is 0. The second-order valence-electron chi connectivity index (χ2n) is 7.00. The van der Waals surface area contributed by atoms with E-state index in [1.165, 1.54) is 0 Å². The molecule has 0 N–H and O–H groups in total. The van der Waals surface area contributed by atoms with Gasteiger partial charge in [-0.05, 0) is 49.4 Å². The smallest absolute Gasteiger partial charge is 0.461 e. The molecule has 178 valence electrons. The molecule has 1 aromatic carbocycles. The van der Waals surface area contributed by atoms with Crippen molar-refractivity contribution in [2.75, 3.05) is 26.4 Å². The summed E-state index contributed by atoms with van der Waals surface area (Å²) in [6.45, 7) is 8.41. The summed E-state index contributed by atoms with van der Waals surface area (Å²) in [6.07, 6.45) is 3.33. The molecule has 0 unspecified atom stereocenters. The van der Waals surface area contributed by atoms with E-state index in [2.05, 4.69) is 15.0 Å². The minimum Gasteiger partial charge on any atom is -0.461 e. The molecule has 2 rings (SSSR count). The molecule has 0 saturated carbocycles. The van der Waals surface area contributed by atoms with Gasteiger partial charge in [-0.15, -0.1) is 4.98 Å². The Bertz CT molecular complexity index is 868. The third kappa shape index (κ3) is 9.00. The van der Waals surface area contributed by atoms with E-state index in [1.807, 2.05) is 45.9 Å². The highest BCUT2D eigenvalue weighted by Crippen LogP contribution is 2.49. The second-order valence-corrected chi connectivity index (χ2v) is 9.00. The van der Waals surface area contributed by atoms with Gasteiger partial charge in [0.2, 0.25) is 5.28 Å². The first-order valence-corrected chi connectivity index (χ1v) is 12.5. The second kappa shape index (κ2) is 13.7. The Kier molecular flexibility index (Phi) is 11.3. The lowest BCUT2D eigenvalue weighted by atomic mass is 10.1. The summed E-state index contributed by atoms with van der Waals surface area (Å²) in [6, 6.07) is 5.74. The average Bonchev–Trinajstić information content (AvgIpc) is 2.74. The molecular formula is C21H31ClN3O6P. The molecule has 0 aliphatic rings. The van der Waals surface area contributed by atoms with Crippen LogP contribution in [0.15, 0.2) is 18.2 Å². The fraction of sp³-hybridized carbons (Fsp3) is 0.571. The Morgan fingerprint density at radius 3 is 2.00 bits per heavy atom. The topological polar surface area (TPSA) is 102 Å². The molecule has 11 heteroatoms.